The van der Waals surface area contributed by atoms with Gasteiger partial charge < -0.3 is 0 Å². The van der Waals surface area contributed by atoms with E-state index in [1.54, 1.807) is 0 Å². The molecule has 0 radical (unpaired) electrons. The first-order chi connectivity index (χ1) is 30.3. The lowest BCUT2D eigenvalue weighted by Gasteiger charge is -2.32. The van der Waals surface area contributed by atoms with Crippen LogP contribution in [0.25, 0.3) is 109 Å². The van der Waals surface area contributed by atoms with Crippen molar-refractivity contribution in [1.29, 1.82) is 0 Å². The highest BCUT2D eigenvalue weighted by Crippen LogP contribution is 2.66. The Hall–Kier alpha value is -7.80. The minimum Gasteiger partial charge on any atom is -0.0619 e. The Morgan fingerprint density at radius 1 is 0.230 bits per heavy atom. The average Bonchev–Trinajstić information content (AvgIpc) is 3.79. The third-order valence-electron chi connectivity index (χ3n) is 14.2. The van der Waals surface area contributed by atoms with Crippen molar-refractivity contribution in [3.8, 4) is 44.5 Å². The highest BCUT2D eigenvalue weighted by atomic mass is 14.5. The van der Waals surface area contributed by atoms with E-state index < -0.39 is 5.41 Å². The van der Waals surface area contributed by atoms with E-state index in [9.17, 15) is 0 Å². The van der Waals surface area contributed by atoms with E-state index in [1.807, 2.05) is 0 Å². The molecule has 0 nitrogen and oxygen atoms in total. The zero-order chi connectivity index (χ0) is 39.8. The molecular formula is C61H36. The molecule has 12 aromatic carbocycles. The van der Waals surface area contributed by atoms with E-state index in [0.29, 0.717) is 0 Å². The highest BCUT2D eigenvalue weighted by Gasteiger charge is 2.53. The molecule has 0 unspecified atom stereocenters. The van der Waals surface area contributed by atoms with Crippen LogP contribution in [0.15, 0.2) is 218 Å². The normalized spacial score (nSPS) is 13.4. The van der Waals surface area contributed by atoms with Gasteiger partial charge in [0.15, 0.2) is 0 Å². The van der Waals surface area contributed by atoms with Gasteiger partial charge in [-0.15, -0.1) is 0 Å². The van der Waals surface area contributed by atoms with Crippen molar-refractivity contribution in [2.75, 3.05) is 0 Å². The van der Waals surface area contributed by atoms with Crippen LogP contribution in [-0.2, 0) is 5.41 Å². The number of benzene rings is 12. The van der Waals surface area contributed by atoms with Crippen molar-refractivity contribution < 1.29 is 0 Å². The van der Waals surface area contributed by atoms with Gasteiger partial charge in [0, 0.05) is 0 Å². The topological polar surface area (TPSA) is 0 Å². The van der Waals surface area contributed by atoms with Crippen LogP contribution in [0.1, 0.15) is 22.3 Å². The molecule has 12 aromatic rings. The summed E-state index contributed by atoms with van der Waals surface area (Å²) in [5.41, 5.74) is 15.4. The van der Waals surface area contributed by atoms with Crippen LogP contribution in [0.2, 0.25) is 0 Å². The third-order valence-corrected chi connectivity index (χ3v) is 14.2. The van der Waals surface area contributed by atoms with Gasteiger partial charge in [0.05, 0.1) is 5.41 Å². The maximum atomic E-state index is 2.56. The van der Waals surface area contributed by atoms with Gasteiger partial charge in [-0.05, 0) is 156 Å². The molecule has 61 heavy (non-hydrogen) atoms. The molecule has 0 N–H and O–H groups in total. The Bertz CT molecular complexity index is 3780. The van der Waals surface area contributed by atoms with Crippen molar-refractivity contribution in [2.24, 2.45) is 0 Å². The van der Waals surface area contributed by atoms with Crippen molar-refractivity contribution in [1.82, 2.24) is 0 Å². The fourth-order valence-electron chi connectivity index (χ4n) is 11.8. The molecule has 0 bridgehead atoms. The standard InChI is InChI=1S/C61H36/c1-2-16-38-33-40(31-29-37(38)15-1)57-48-22-6-8-24-50(48)58(51-25-9-7-23-49(51)57)41-32-30-39-35-53-56(36-42(39)34-41)61(54-27-13-11-19-45(54)46-20-12-14-28-55(46)61)60-52-26-10-4-18-44(52)43-17-3-5-21-47(43)59(53)60/h1-36H. The number of hydrogen-bond acceptors (Lipinski definition) is 0. The van der Waals surface area contributed by atoms with Crippen LogP contribution in [0, 0.1) is 0 Å². The second-order valence-electron chi connectivity index (χ2n) is 17.0. The molecule has 280 valence electrons. The van der Waals surface area contributed by atoms with Gasteiger partial charge in [-0.2, -0.15) is 0 Å². The molecule has 1 spiro atoms. The minimum atomic E-state index is -0.480. The van der Waals surface area contributed by atoms with E-state index in [0.717, 1.165) is 0 Å². The second-order valence-corrected chi connectivity index (χ2v) is 17.0. The molecular weight excluding hydrogens is 733 g/mol. The lowest BCUT2D eigenvalue weighted by Crippen LogP contribution is -2.26. The van der Waals surface area contributed by atoms with E-state index in [4.69, 9.17) is 0 Å². The van der Waals surface area contributed by atoms with Crippen LogP contribution in [0.5, 0.6) is 0 Å². The number of hydrogen-bond donors (Lipinski definition) is 0. The zero-order valence-electron chi connectivity index (χ0n) is 33.3. The van der Waals surface area contributed by atoms with Crippen LogP contribution in [0.3, 0.4) is 0 Å². The lowest BCUT2D eigenvalue weighted by atomic mass is 9.69. The van der Waals surface area contributed by atoms with Crippen LogP contribution in [-0.4, -0.2) is 0 Å². The summed E-state index contributed by atoms with van der Waals surface area (Å²) in [6.45, 7) is 0. The molecule has 0 saturated carbocycles. The predicted octanol–water partition coefficient (Wildman–Crippen LogP) is 16.3. The molecule has 0 saturated heterocycles. The molecule has 0 aliphatic heterocycles. The maximum absolute atomic E-state index is 2.56. The Morgan fingerprint density at radius 3 is 1.23 bits per heavy atom. The fourth-order valence-corrected chi connectivity index (χ4v) is 11.8. The SMILES string of the molecule is c1ccc2c(c1)-c1ccccc1C21c2cc3cc(-c4c5ccccc5c(-c5ccc6ccccc6c5)c5ccccc45)ccc3cc2-c2c1c1ccccc1c1ccccc21. The first kappa shape index (κ1) is 33.1. The molecule has 14 rings (SSSR count). The molecule has 0 atom stereocenters. The summed E-state index contributed by atoms with van der Waals surface area (Å²) in [5, 5.41) is 15.4. The largest absolute Gasteiger partial charge is 0.0731 e. The average molecular weight is 769 g/mol. The lowest BCUT2D eigenvalue weighted by molar-refractivity contribution is 0.803. The van der Waals surface area contributed by atoms with Crippen LogP contribution < -0.4 is 0 Å². The van der Waals surface area contributed by atoms with Gasteiger partial charge in [0.1, 0.15) is 0 Å². The van der Waals surface area contributed by atoms with Gasteiger partial charge in [-0.3, -0.25) is 0 Å². The molecule has 0 heteroatoms. The first-order valence-corrected chi connectivity index (χ1v) is 21.4. The number of fused-ring (bicyclic) bond motifs is 19. The Morgan fingerprint density at radius 2 is 0.639 bits per heavy atom. The summed E-state index contributed by atoms with van der Waals surface area (Å²) in [6, 6.07) is 82.5. The summed E-state index contributed by atoms with van der Waals surface area (Å²) in [7, 11) is 0. The van der Waals surface area contributed by atoms with Gasteiger partial charge in [0.2, 0.25) is 0 Å². The Balaban J connectivity index is 1.08. The Kier molecular flexibility index (Phi) is 6.58. The first-order valence-electron chi connectivity index (χ1n) is 21.4. The smallest absolute Gasteiger partial charge is 0.0619 e. The highest BCUT2D eigenvalue weighted by molar-refractivity contribution is 6.23. The van der Waals surface area contributed by atoms with E-state index in [1.165, 1.54) is 131 Å². The van der Waals surface area contributed by atoms with Gasteiger partial charge in [0.25, 0.3) is 0 Å². The minimum absolute atomic E-state index is 0.480. The van der Waals surface area contributed by atoms with Crippen molar-refractivity contribution in [3.05, 3.63) is 241 Å². The maximum Gasteiger partial charge on any atom is 0.0731 e. The van der Waals surface area contributed by atoms with Crippen LogP contribution in [0.4, 0.5) is 0 Å². The van der Waals surface area contributed by atoms with Gasteiger partial charge in [-0.1, -0.05) is 194 Å². The molecule has 2 aliphatic rings. The second kappa shape index (κ2) is 12.1. The Labute approximate surface area is 353 Å². The molecule has 0 fully saturated rings. The zero-order valence-corrected chi connectivity index (χ0v) is 33.3. The van der Waals surface area contributed by atoms with Crippen molar-refractivity contribution in [3.63, 3.8) is 0 Å². The van der Waals surface area contributed by atoms with E-state index in [2.05, 4.69) is 218 Å². The number of rotatable bonds is 2. The summed E-state index contributed by atoms with van der Waals surface area (Å²) < 4.78 is 0. The molecule has 0 amide bonds. The van der Waals surface area contributed by atoms with Crippen molar-refractivity contribution >= 4 is 64.6 Å². The quantitative estimate of drug-likeness (QED) is 0.121. The summed E-state index contributed by atoms with van der Waals surface area (Å²) in [4.78, 5) is 0. The van der Waals surface area contributed by atoms with Crippen LogP contribution >= 0.6 is 0 Å². The van der Waals surface area contributed by atoms with Gasteiger partial charge >= 0.3 is 0 Å². The summed E-state index contributed by atoms with van der Waals surface area (Å²) in [5.74, 6) is 0. The predicted molar refractivity (Wildman–Crippen MR) is 259 cm³/mol. The molecule has 0 heterocycles. The van der Waals surface area contributed by atoms with Crippen molar-refractivity contribution in [2.45, 2.75) is 5.41 Å². The molecule has 0 aromatic heterocycles. The van der Waals surface area contributed by atoms with E-state index in [-0.39, 0.29) is 0 Å². The summed E-state index contributed by atoms with van der Waals surface area (Å²) in [6.07, 6.45) is 0. The third kappa shape index (κ3) is 4.29. The summed E-state index contributed by atoms with van der Waals surface area (Å²) >= 11 is 0. The van der Waals surface area contributed by atoms with Gasteiger partial charge in [-0.25, -0.2) is 0 Å². The monoisotopic (exact) mass is 768 g/mol. The fraction of sp³-hybridized carbons (Fsp3) is 0.0164. The molecule has 2 aliphatic carbocycles. The van der Waals surface area contributed by atoms with E-state index >= 15 is 0 Å².